The van der Waals surface area contributed by atoms with E-state index in [1.807, 2.05) is 19.1 Å². The summed E-state index contributed by atoms with van der Waals surface area (Å²) in [5.74, 6) is 1.22. The van der Waals surface area contributed by atoms with Crippen LogP contribution in [-0.2, 0) is 10.0 Å². The number of sulfonamides is 1. The fraction of sp³-hybridized carbons (Fsp3) is 0.250. The lowest BCUT2D eigenvalue weighted by Crippen LogP contribution is -2.28. The van der Waals surface area contributed by atoms with Gasteiger partial charge < -0.3 is 9.47 Å². The number of aryl methyl sites for hydroxylation is 1. The van der Waals surface area contributed by atoms with Crippen molar-refractivity contribution >= 4 is 10.0 Å². The lowest BCUT2D eigenvalue weighted by Gasteiger charge is -2.12. The van der Waals surface area contributed by atoms with Gasteiger partial charge in [-0.15, -0.1) is 0 Å². The average Bonchev–Trinajstić information content (AvgIpc) is 2.53. The molecule has 2 aromatic carbocycles. The lowest BCUT2D eigenvalue weighted by atomic mass is 10.2. The first-order valence-electron chi connectivity index (χ1n) is 6.85. The zero-order chi connectivity index (χ0) is 16.0. The Balaban J connectivity index is 1.90. The second-order valence-electron chi connectivity index (χ2n) is 4.71. The number of benzene rings is 2. The third kappa shape index (κ3) is 4.22. The van der Waals surface area contributed by atoms with Gasteiger partial charge in [0.2, 0.25) is 10.0 Å². The molecule has 0 aromatic heterocycles. The van der Waals surface area contributed by atoms with Crippen LogP contribution in [0, 0.1) is 6.92 Å². The summed E-state index contributed by atoms with van der Waals surface area (Å²) < 4.78 is 37.3. The standard InChI is InChI=1S/C16H19NO4S/c1-13-8-9-15(16(12-13)20-2)21-11-10-17-22(18,19)14-6-4-3-5-7-14/h3-9,12,17H,10-11H2,1-2H3. The first kappa shape index (κ1) is 16.3. The molecule has 0 bridgehead atoms. The van der Waals surface area contributed by atoms with E-state index in [4.69, 9.17) is 9.47 Å². The molecule has 22 heavy (non-hydrogen) atoms. The molecule has 0 unspecified atom stereocenters. The van der Waals surface area contributed by atoms with Crippen molar-refractivity contribution in [2.24, 2.45) is 0 Å². The molecular weight excluding hydrogens is 302 g/mol. The van der Waals surface area contributed by atoms with Crippen molar-refractivity contribution in [1.82, 2.24) is 4.72 Å². The SMILES string of the molecule is COc1cc(C)ccc1OCCNS(=O)(=O)c1ccccc1. The Morgan fingerprint density at radius 1 is 1.05 bits per heavy atom. The zero-order valence-corrected chi connectivity index (χ0v) is 13.4. The summed E-state index contributed by atoms with van der Waals surface area (Å²) in [5.41, 5.74) is 1.06. The molecule has 0 radical (unpaired) electrons. The molecule has 0 fully saturated rings. The molecule has 2 rings (SSSR count). The van der Waals surface area contributed by atoms with Crippen molar-refractivity contribution < 1.29 is 17.9 Å². The largest absolute Gasteiger partial charge is 0.493 e. The molecule has 6 heteroatoms. The molecule has 5 nitrogen and oxygen atoms in total. The van der Waals surface area contributed by atoms with Crippen molar-refractivity contribution in [2.75, 3.05) is 20.3 Å². The van der Waals surface area contributed by atoms with E-state index in [1.54, 1.807) is 43.5 Å². The summed E-state index contributed by atoms with van der Waals surface area (Å²) in [6.45, 7) is 2.35. The third-order valence-corrected chi connectivity index (χ3v) is 4.50. The zero-order valence-electron chi connectivity index (χ0n) is 12.6. The van der Waals surface area contributed by atoms with Crippen molar-refractivity contribution in [2.45, 2.75) is 11.8 Å². The predicted octanol–water partition coefficient (Wildman–Crippen LogP) is 2.36. The van der Waals surface area contributed by atoms with Crippen LogP contribution in [0.5, 0.6) is 11.5 Å². The number of ether oxygens (including phenoxy) is 2. The van der Waals surface area contributed by atoms with Crippen LogP contribution >= 0.6 is 0 Å². The molecule has 0 aliphatic carbocycles. The predicted molar refractivity (Wildman–Crippen MR) is 84.9 cm³/mol. The van der Waals surface area contributed by atoms with Gasteiger partial charge >= 0.3 is 0 Å². The van der Waals surface area contributed by atoms with E-state index in [-0.39, 0.29) is 18.0 Å². The van der Waals surface area contributed by atoms with E-state index < -0.39 is 10.0 Å². The van der Waals surface area contributed by atoms with Gasteiger partial charge in [-0.25, -0.2) is 13.1 Å². The first-order chi connectivity index (χ1) is 10.5. The minimum Gasteiger partial charge on any atom is -0.493 e. The van der Waals surface area contributed by atoms with Crippen LogP contribution in [-0.4, -0.2) is 28.7 Å². The van der Waals surface area contributed by atoms with E-state index in [2.05, 4.69) is 4.72 Å². The summed E-state index contributed by atoms with van der Waals surface area (Å²) in [5, 5.41) is 0. The van der Waals surface area contributed by atoms with Crippen molar-refractivity contribution in [3.8, 4) is 11.5 Å². The number of hydrogen-bond acceptors (Lipinski definition) is 4. The normalized spacial score (nSPS) is 11.2. The molecule has 0 atom stereocenters. The molecule has 0 aliphatic heterocycles. The van der Waals surface area contributed by atoms with E-state index in [0.717, 1.165) is 5.56 Å². The summed E-state index contributed by atoms with van der Waals surface area (Å²) in [6, 6.07) is 13.8. The number of rotatable bonds is 7. The highest BCUT2D eigenvalue weighted by Gasteiger charge is 2.12. The molecule has 0 spiro atoms. The fourth-order valence-electron chi connectivity index (χ4n) is 1.91. The number of nitrogens with one attached hydrogen (secondary N) is 1. The Labute approximate surface area is 130 Å². The maximum atomic E-state index is 12.0. The maximum Gasteiger partial charge on any atom is 0.240 e. The lowest BCUT2D eigenvalue weighted by molar-refractivity contribution is 0.298. The molecule has 0 saturated carbocycles. The molecule has 1 N–H and O–H groups in total. The molecule has 0 amide bonds. The molecule has 0 aliphatic rings. The van der Waals surface area contributed by atoms with Crippen LogP contribution in [0.4, 0.5) is 0 Å². The molecule has 118 valence electrons. The number of hydrogen-bond donors (Lipinski definition) is 1. The van der Waals surface area contributed by atoms with E-state index >= 15 is 0 Å². The van der Waals surface area contributed by atoms with Gasteiger partial charge in [-0.05, 0) is 36.8 Å². The van der Waals surface area contributed by atoms with Crippen LogP contribution in [0.1, 0.15) is 5.56 Å². The third-order valence-electron chi connectivity index (χ3n) is 3.02. The fourth-order valence-corrected chi connectivity index (χ4v) is 2.95. The number of methoxy groups -OCH3 is 1. The average molecular weight is 321 g/mol. The van der Waals surface area contributed by atoms with Gasteiger partial charge in [-0.3, -0.25) is 0 Å². The smallest absolute Gasteiger partial charge is 0.240 e. The summed E-state index contributed by atoms with van der Waals surface area (Å²) in [7, 11) is -1.93. The molecule has 0 heterocycles. The van der Waals surface area contributed by atoms with Gasteiger partial charge in [0, 0.05) is 6.54 Å². The van der Waals surface area contributed by atoms with Gasteiger partial charge in [0.1, 0.15) is 6.61 Å². The van der Waals surface area contributed by atoms with Crippen molar-refractivity contribution in [3.05, 3.63) is 54.1 Å². The van der Waals surface area contributed by atoms with Gasteiger partial charge in [-0.2, -0.15) is 0 Å². The van der Waals surface area contributed by atoms with Crippen molar-refractivity contribution in [1.29, 1.82) is 0 Å². The minimum atomic E-state index is -3.50. The van der Waals surface area contributed by atoms with Crippen LogP contribution in [0.3, 0.4) is 0 Å². The van der Waals surface area contributed by atoms with Crippen LogP contribution in [0.15, 0.2) is 53.4 Å². The van der Waals surface area contributed by atoms with Crippen LogP contribution in [0.25, 0.3) is 0 Å². The summed E-state index contributed by atoms with van der Waals surface area (Å²) >= 11 is 0. The highest BCUT2D eigenvalue weighted by molar-refractivity contribution is 7.89. The molecule has 2 aromatic rings. The minimum absolute atomic E-state index is 0.175. The Hall–Kier alpha value is -2.05. The second kappa shape index (κ2) is 7.29. The Morgan fingerprint density at radius 3 is 2.45 bits per heavy atom. The second-order valence-corrected chi connectivity index (χ2v) is 6.48. The summed E-state index contributed by atoms with van der Waals surface area (Å²) in [4.78, 5) is 0.239. The van der Waals surface area contributed by atoms with Crippen molar-refractivity contribution in [3.63, 3.8) is 0 Å². The monoisotopic (exact) mass is 321 g/mol. The summed E-state index contributed by atoms with van der Waals surface area (Å²) in [6.07, 6.45) is 0. The van der Waals surface area contributed by atoms with E-state index in [0.29, 0.717) is 11.5 Å². The Morgan fingerprint density at radius 2 is 1.77 bits per heavy atom. The maximum absolute atomic E-state index is 12.0. The quantitative estimate of drug-likeness (QED) is 0.795. The van der Waals surface area contributed by atoms with Crippen LogP contribution < -0.4 is 14.2 Å². The molecule has 0 saturated heterocycles. The van der Waals surface area contributed by atoms with E-state index in [1.165, 1.54) is 0 Å². The van der Waals surface area contributed by atoms with Gasteiger partial charge in [0.05, 0.1) is 12.0 Å². The highest BCUT2D eigenvalue weighted by atomic mass is 32.2. The van der Waals surface area contributed by atoms with E-state index in [9.17, 15) is 8.42 Å². The first-order valence-corrected chi connectivity index (χ1v) is 8.33. The topological polar surface area (TPSA) is 64.6 Å². The Kier molecular flexibility index (Phi) is 5.41. The Bertz CT molecular complexity index is 714. The highest BCUT2D eigenvalue weighted by Crippen LogP contribution is 2.27. The van der Waals surface area contributed by atoms with Gasteiger partial charge in [0.15, 0.2) is 11.5 Å². The molecular formula is C16H19NO4S. The van der Waals surface area contributed by atoms with Crippen LogP contribution in [0.2, 0.25) is 0 Å². The van der Waals surface area contributed by atoms with Gasteiger partial charge in [0.25, 0.3) is 0 Å². The van der Waals surface area contributed by atoms with Gasteiger partial charge in [-0.1, -0.05) is 24.3 Å².